The van der Waals surface area contributed by atoms with Gasteiger partial charge < -0.3 is 14.2 Å². The van der Waals surface area contributed by atoms with Gasteiger partial charge in [0.1, 0.15) is 12.3 Å². The van der Waals surface area contributed by atoms with Gasteiger partial charge in [0.05, 0.1) is 23.3 Å². The standard InChI is InChI=1S/C19H20N2O7S/c22-15-9-16-20(15)18(14(29-16)11-27-17-3-1-2-8-26-17)19(23)28-10-12-4-6-13(7-5-12)21(24)25/h4-7,16-17H,1-3,8-11H2/t16-,17?/m1/s1. The summed E-state index contributed by atoms with van der Waals surface area (Å²) in [6.07, 6.45) is 2.95. The third kappa shape index (κ3) is 4.29. The van der Waals surface area contributed by atoms with Crippen LogP contribution in [0.2, 0.25) is 0 Å². The van der Waals surface area contributed by atoms with E-state index in [0.717, 1.165) is 19.3 Å². The number of ether oxygens (including phenoxy) is 3. The number of thioether (sulfide) groups is 1. The van der Waals surface area contributed by atoms with E-state index in [1.54, 1.807) is 0 Å². The first-order chi connectivity index (χ1) is 14.0. The summed E-state index contributed by atoms with van der Waals surface area (Å²) >= 11 is 1.44. The van der Waals surface area contributed by atoms with Crippen LogP contribution in [0.25, 0.3) is 0 Å². The number of amides is 1. The fourth-order valence-electron chi connectivity index (χ4n) is 3.36. The number of nitro benzene ring substituents is 1. The lowest BCUT2D eigenvalue weighted by atomic mass is 10.1. The lowest BCUT2D eigenvalue weighted by Gasteiger charge is -2.34. The van der Waals surface area contributed by atoms with E-state index in [9.17, 15) is 19.7 Å². The summed E-state index contributed by atoms with van der Waals surface area (Å²) in [7, 11) is 0. The molecule has 2 saturated heterocycles. The number of non-ortho nitro benzene ring substituents is 1. The maximum absolute atomic E-state index is 12.7. The van der Waals surface area contributed by atoms with E-state index in [4.69, 9.17) is 14.2 Å². The highest BCUT2D eigenvalue weighted by Crippen LogP contribution is 2.46. The molecule has 154 valence electrons. The van der Waals surface area contributed by atoms with Crippen LogP contribution in [-0.2, 0) is 30.4 Å². The normalized spacial score (nSPS) is 23.6. The second kappa shape index (κ2) is 8.52. The smallest absolute Gasteiger partial charge is 0.356 e. The molecule has 3 aliphatic rings. The van der Waals surface area contributed by atoms with E-state index < -0.39 is 10.9 Å². The van der Waals surface area contributed by atoms with Gasteiger partial charge in [-0.3, -0.25) is 19.8 Å². The van der Waals surface area contributed by atoms with Gasteiger partial charge in [-0.15, -0.1) is 0 Å². The Kier molecular flexibility index (Phi) is 5.84. The van der Waals surface area contributed by atoms with E-state index in [-0.39, 0.29) is 42.2 Å². The predicted octanol–water partition coefficient (Wildman–Crippen LogP) is 2.70. The van der Waals surface area contributed by atoms with Crippen molar-refractivity contribution in [2.24, 2.45) is 0 Å². The summed E-state index contributed by atoms with van der Waals surface area (Å²) in [5.41, 5.74) is 0.817. The van der Waals surface area contributed by atoms with Gasteiger partial charge in [0.15, 0.2) is 6.29 Å². The summed E-state index contributed by atoms with van der Waals surface area (Å²) in [6.45, 7) is 0.809. The molecule has 29 heavy (non-hydrogen) atoms. The van der Waals surface area contributed by atoms with E-state index in [1.807, 2.05) is 0 Å². The van der Waals surface area contributed by atoms with Gasteiger partial charge in [-0.05, 0) is 37.0 Å². The van der Waals surface area contributed by atoms with Crippen LogP contribution in [-0.4, -0.2) is 46.6 Å². The molecular formula is C19H20N2O7S. The molecule has 9 nitrogen and oxygen atoms in total. The lowest BCUT2D eigenvalue weighted by molar-refractivity contribution is -0.384. The van der Waals surface area contributed by atoms with Gasteiger partial charge in [0.2, 0.25) is 5.91 Å². The summed E-state index contributed by atoms with van der Waals surface area (Å²) in [5, 5.41) is 10.6. The molecule has 1 unspecified atom stereocenters. The number of β-lactam (4-membered cyclic amide) rings is 1. The van der Waals surface area contributed by atoms with Crippen LogP contribution >= 0.6 is 11.8 Å². The number of esters is 1. The van der Waals surface area contributed by atoms with Gasteiger partial charge in [-0.2, -0.15) is 0 Å². The predicted molar refractivity (Wildman–Crippen MR) is 102 cm³/mol. The molecule has 0 N–H and O–H groups in total. The van der Waals surface area contributed by atoms with Crippen molar-refractivity contribution in [1.82, 2.24) is 4.90 Å². The average molecular weight is 420 g/mol. The van der Waals surface area contributed by atoms with Crippen molar-refractivity contribution in [3.63, 3.8) is 0 Å². The SMILES string of the molecule is O=C(OCc1ccc([N+](=O)[O-])cc1)C1=C(COC2CCCCO2)S[C@@H]2CC(=O)N12. The minimum atomic E-state index is -0.602. The summed E-state index contributed by atoms with van der Waals surface area (Å²) in [6, 6.07) is 5.77. The zero-order chi connectivity index (χ0) is 20.4. The molecule has 2 fully saturated rings. The van der Waals surface area contributed by atoms with Crippen LogP contribution in [0.3, 0.4) is 0 Å². The first kappa shape index (κ1) is 19.9. The number of carbonyl (C=O) groups excluding carboxylic acids is 2. The Labute approximate surface area is 171 Å². The minimum absolute atomic E-state index is 0.0339. The van der Waals surface area contributed by atoms with E-state index in [1.165, 1.54) is 40.9 Å². The molecule has 4 rings (SSSR count). The van der Waals surface area contributed by atoms with Crippen LogP contribution in [0.5, 0.6) is 0 Å². The van der Waals surface area contributed by atoms with E-state index in [0.29, 0.717) is 23.5 Å². The fourth-order valence-corrected chi connectivity index (χ4v) is 4.67. The molecule has 0 bridgehead atoms. The molecule has 1 aromatic carbocycles. The van der Waals surface area contributed by atoms with Crippen molar-refractivity contribution in [3.05, 3.63) is 50.5 Å². The largest absolute Gasteiger partial charge is 0.456 e. The van der Waals surface area contributed by atoms with Crippen molar-refractivity contribution in [2.45, 2.75) is 44.0 Å². The van der Waals surface area contributed by atoms with Gasteiger partial charge in [0, 0.05) is 23.6 Å². The molecule has 0 saturated carbocycles. The van der Waals surface area contributed by atoms with Gasteiger partial charge in [-0.25, -0.2) is 4.79 Å². The number of hydrogen-bond donors (Lipinski definition) is 0. The monoisotopic (exact) mass is 420 g/mol. The summed E-state index contributed by atoms with van der Waals surface area (Å²) in [5.74, 6) is -0.719. The second-order valence-corrected chi connectivity index (χ2v) is 8.19. The zero-order valence-corrected chi connectivity index (χ0v) is 16.4. The quantitative estimate of drug-likeness (QED) is 0.287. The molecule has 2 atom stereocenters. The number of nitrogens with zero attached hydrogens (tertiary/aromatic N) is 2. The van der Waals surface area contributed by atoms with Crippen LogP contribution in [0.1, 0.15) is 31.2 Å². The van der Waals surface area contributed by atoms with Crippen LogP contribution in [0, 0.1) is 10.1 Å². The Balaban J connectivity index is 1.41. The molecule has 10 heteroatoms. The van der Waals surface area contributed by atoms with Gasteiger partial charge in [0.25, 0.3) is 5.69 Å². The van der Waals surface area contributed by atoms with Crippen molar-refractivity contribution in [3.8, 4) is 0 Å². The van der Waals surface area contributed by atoms with E-state index in [2.05, 4.69) is 0 Å². The number of hydrogen-bond acceptors (Lipinski definition) is 8. The first-order valence-electron chi connectivity index (χ1n) is 9.38. The lowest BCUT2D eigenvalue weighted by Crippen LogP contribution is -2.48. The molecule has 1 amide bonds. The topological polar surface area (TPSA) is 108 Å². The fraction of sp³-hybridized carbons (Fsp3) is 0.474. The zero-order valence-electron chi connectivity index (χ0n) is 15.6. The highest BCUT2D eigenvalue weighted by Gasteiger charge is 2.49. The third-order valence-corrected chi connectivity index (χ3v) is 6.18. The molecule has 0 spiro atoms. The van der Waals surface area contributed by atoms with E-state index >= 15 is 0 Å². The molecule has 3 aliphatic heterocycles. The highest BCUT2D eigenvalue weighted by molar-refractivity contribution is 8.04. The average Bonchev–Trinajstić information content (AvgIpc) is 3.03. The maximum atomic E-state index is 12.7. The van der Waals surface area contributed by atoms with Crippen molar-refractivity contribution in [1.29, 1.82) is 0 Å². The Hall–Kier alpha value is -2.43. The van der Waals surface area contributed by atoms with Crippen LogP contribution in [0.4, 0.5) is 5.69 Å². The number of benzene rings is 1. The molecule has 0 aromatic heterocycles. The molecule has 0 aliphatic carbocycles. The summed E-state index contributed by atoms with van der Waals surface area (Å²) in [4.78, 5) is 37.1. The molecular weight excluding hydrogens is 400 g/mol. The Morgan fingerprint density at radius 3 is 2.72 bits per heavy atom. The second-order valence-electron chi connectivity index (χ2n) is 6.92. The Bertz CT molecular complexity index is 849. The van der Waals surface area contributed by atoms with Crippen molar-refractivity contribution >= 4 is 29.3 Å². The van der Waals surface area contributed by atoms with Crippen LogP contribution in [0.15, 0.2) is 34.9 Å². The highest BCUT2D eigenvalue weighted by atomic mass is 32.2. The van der Waals surface area contributed by atoms with Crippen LogP contribution < -0.4 is 0 Å². The Morgan fingerprint density at radius 2 is 2.07 bits per heavy atom. The maximum Gasteiger partial charge on any atom is 0.356 e. The molecule has 0 radical (unpaired) electrons. The number of fused-ring (bicyclic) bond motifs is 1. The molecule has 3 heterocycles. The molecule has 1 aromatic rings. The number of nitro groups is 1. The minimum Gasteiger partial charge on any atom is -0.456 e. The number of carbonyl (C=O) groups is 2. The Morgan fingerprint density at radius 1 is 1.28 bits per heavy atom. The van der Waals surface area contributed by atoms with Gasteiger partial charge >= 0.3 is 5.97 Å². The number of rotatable bonds is 7. The van der Waals surface area contributed by atoms with Crippen molar-refractivity contribution < 1.29 is 28.7 Å². The van der Waals surface area contributed by atoms with Crippen molar-refractivity contribution in [2.75, 3.05) is 13.2 Å². The third-order valence-electron chi connectivity index (χ3n) is 4.94. The summed E-state index contributed by atoms with van der Waals surface area (Å²) < 4.78 is 16.7. The van der Waals surface area contributed by atoms with Gasteiger partial charge in [-0.1, -0.05) is 11.8 Å². The first-order valence-corrected chi connectivity index (χ1v) is 10.3.